The van der Waals surface area contributed by atoms with E-state index in [1.165, 1.54) is 19.1 Å². The lowest BCUT2D eigenvalue weighted by Gasteiger charge is -2.12. The maximum Gasteiger partial charge on any atom is 0.339 e. The van der Waals surface area contributed by atoms with E-state index in [2.05, 4.69) is 0 Å². The highest BCUT2D eigenvalue weighted by molar-refractivity contribution is 8.19. The van der Waals surface area contributed by atoms with Gasteiger partial charge in [-0.25, -0.2) is 4.39 Å². The molecular formula is C17H17FO3S3. The fraction of sp³-hybridized carbons (Fsp3) is 0.294. The highest BCUT2D eigenvalue weighted by atomic mass is 32.2. The van der Waals surface area contributed by atoms with Crippen molar-refractivity contribution in [1.82, 2.24) is 0 Å². The molecule has 0 bridgehead atoms. The second-order valence-electron chi connectivity index (χ2n) is 5.50. The Morgan fingerprint density at radius 1 is 1.04 bits per heavy atom. The predicted molar refractivity (Wildman–Crippen MR) is 97.8 cm³/mol. The van der Waals surface area contributed by atoms with E-state index < -0.39 is 15.9 Å². The van der Waals surface area contributed by atoms with Crippen molar-refractivity contribution < 1.29 is 17.0 Å². The summed E-state index contributed by atoms with van der Waals surface area (Å²) in [6.45, 7) is 3.04. The molecule has 0 amide bonds. The molecule has 1 heterocycles. The smallest absolute Gasteiger partial charge is 0.339 e. The molecule has 0 atom stereocenters. The number of hydrogen-bond donors (Lipinski definition) is 0. The summed E-state index contributed by atoms with van der Waals surface area (Å²) in [6, 6.07) is 9.87. The minimum absolute atomic E-state index is 0.0744. The average Bonchev–Trinajstić information content (AvgIpc) is 3.07. The fourth-order valence-electron chi connectivity index (χ4n) is 2.48. The molecule has 24 heavy (non-hydrogen) atoms. The number of hydrogen-bond acceptors (Lipinski definition) is 5. The van der Waals surface area contributed by atoms with E-state index in [4.69, 9.17) is 4.18 Å². The van der Waals surface area contributed by atoms with Crippen LogP contribution in [0.1, 0.15) is 21.3 Å². The van der Waals surface area contributed by atoms with Crippen LogP contribution in [-0.4, -0.2) is 19.9 Å². The summed E-state index contributed by atoms with van der Waals surface area (Å²) < 4.78 is 44.4. The van der Waals surface area contributed by atoms with Crippen molar-refractivity contribution >= 4 is 33.6 Å². The number of halogens is 1. The van der Waals surface area contributed by atoms with Crippen molar-refractivity contribution in [3.8, 4) is 5.75 Å². The summed E-state index contributed by atoms with van der Waals surface area (Å²) in [6.07, 6.45) is 0. The van der Waals surface area contributed by atoms with Gasteiger partial charge in [0, 0.05) is 17.1 Å². The van der Waals surface area contributed by atoms with Gasteiger partial charge in [0.05, 0.1) is 4.58 Å². The summed E-state index contributed by atoms with van der Waals surface area (Å²) in [4.78, 5) is -0.142. The van der Waals surface area contributed by atoms with Crippen LogP contribution < -0.4 is 4.18 Å². The minimum atomic E-state index is -4.07. The lowest BCUT2D eigenvalue weighted by molar-refractivity contribution is 0.483. The molecule has 3 rings (SSSR count). The van der Waals surface area contributed by atoms with E-state index in [1.54, 1.807) is 19.1 Å². The molecule has 0 saturated carbocycles. The van der Waals surface area contributed by atoms with Crippen LogP contribution in [0.25, 0.3) is 0 Å². The lowest BCUT2D eigenvalue weighted by atomic mass is 10.1. The Kier molecular flexibility index (Phi) is 5.13. The summed E-state index contributed by atoms with van der Waals surface area (Å²) in [7, 11) is -4.07. The normalized spacial score (nSPS) is 15.6. The van der Waals surface area contributed by atoms with Gasteiger partial charge in [-0.3, -0.25) is 0 Å². The zero-order chi connectivity index (χ0) is 17.3. The number of benzene rings is 2. The van der Waals surface area contributed by atoms with Crippen LogP contribution >= 0.6 is 23.5 Å². The third kappa shape index (κ3) is 3.58. The molecule has 3 nitrogen and oxygen atoms in total. The Balaban J connectivity index is 1.83. The standard InChI is InChI=1S/C17H17FO3S3/c1-11-3-8-15(12(2)16(11)18)24(19,20)21-14-6-4-13(5-7-14)17-22-9-10-23-17/h3-8,17H,9-10H2,1-2H3. The molecule has 1 aliphatic rings. The third-order valence-corrected chi connectivity index (χ3v) is 8.28. The van der Waals surface area contributed by atoms with Gasteiger partial charge in [-0.1, -0.05) is 18.2 Å². The van der Waals surface area contributed by atoms with E-state index >= 15 is 0 Å². The van der Waals surface area contributed by atoms with Gasteiger partial charge >= 0.3 is 10.1 Å². The molecule has 2 aromatic rings. The SMILES string of the molecule is Cc1ccc(S(=O)(=O)Oc2ccc(C3SCCS3)cc2)c(C)c1F. The molecule has 1 aliphatic heterocycles. The first kappa shape index (κ1) is 17.6. The van der Waals surface area contributed by atoms with E-state index in [0.717, 1.165) is 17.1 Å². The first-order valence-electron chi connectivity index (χ1n) is 7.42. The second kappa shape index (κ2) is 6.98. The van der Waals surface area contributed by atoms with Crippen LogP contribution in [0.15, 0.2) is 41.3 Å². The van der Waals surface area contributed by atoms with Gasteiger partial charge in [0.15, 0.2) is 0 Å². The first-order valence-corrected chi connectivity index (χ1v) is 10.9. The van der Waals surface area contributed by atoms with E-state index in [-0.39, 0.29) is 16.2 Å². The summed E-state index contributed by atoms with van der Waals surface area (Å²) in [5.41, 5.74) is 1.62. The van der Waals surface area contributed by atoms with Crippen LogP contribution in [-0.2, 0) is 10.1 Å². The number of rotatable bonds is 4. The van der Waals surface area contributed by atoms with Crippen molar-refractivity contribution in [3.05, 3.63) is 58.9 Å². The van der Waals surface area contributed by atoms with Crippen LogP contribution in [0.4, 0.5) is 4.39 Å². The molecule has 1 fully saturated rings. The molecule has 0 spiro atoms. The Hall–Kier alpha value is -1.18. The van der Waals surface area contributed by atoms with E-state index in [1.807, 2.05) is 35.7 Å². The highest BCUT2D eigenvalue weighted by Crippen LogP contribution is 2.45. The van der Waals surface area contributed by atoms with Gasteiger partial charge in [0.1, 0.15) is 16.5 Å². The van der Waals surface area contributed by atoms with Gasteiger partial charge in [0.2, 0.25) is 0 Å². The minimum Gasteiger partial charge on any atom is -0.379 e. The maximum absolute atomic E-state index is 14.0. The van der Waals surface area contributed by atoms with Crippen LogP contribution in [0.2, 0.25) is 0 Å². The molecule has 0 radical (unpaired) electrons. The monoisotopic (exact) mass is 384 g/mol. The van der Waals surface area contributed by atoms with Crippen LogP contribution in [0, 0.1) is 19.7 Å². The largest absolute Gasteiger partial charge is 0.379 e. The van der Waals surface area contributed by atoms with Crippen molar-refractivity contribution in [1.29, 1.82) is 0 Å². The molecule has 7 heteroatoms. The first-order chi connectivity index (χ1) is 11.4. The molecule has 0 aromatic heterocycles. The van der Waals surface area contributed by atoms with E-state index in [0.29, 0.717) is 10.1 Å². The molecule has 0 N–H and O–H groups in total. The van der Waals surface area contributed by atoms with Gasteiger partial charge < -0.3 is 4.18 Å². The van der Waals surface area contributed by atoms with Gasteiger partial charge in [-0.15, -0.1) is 23.5 Å². The summed E-state index contributed by atoms with van der Waals surface area (Å²) in [5.74, 6) is 1.96. The molecule has 2 aromatic carbocycles. The van der Waals surface area contributed by atoms with Crippen LogP contribution in [0.5, 0.6) is 5.75 Å². The van der Waals surface area contributed by atoms with Gasteiger partial charge in [-0.2, -0.15) is 8.42 Å². The highest BCUT2D eigenvalue weighted by Gasteiger charge is 2.23. The van der Waals surface area contributed by atoms with Gasteiger partial charge in [0.25, 0.3) is 0 Å². The lowest BCUT2D eigenvalue weighted by Crippen LogP contribution is -2.12. The zero-order valence-electron chi connectivity index (χ0n) is 13.3. The zero-order valence-corrected chi connectivity index (χ0v) is 15.7. The summed E-state index contributed by atoms with van der Waals surface area (Å²) in [5, 5.41) is 0. The topological polar surface area (TPSA) is 43.4 Å². The second-order valence-corrected chi connectivity index (χ2v) is 9.74. The van der Waals surface area contributed by atoms with Crippen LogP contribution in [0.3, 0.4) is 0 Å². The quantitative estimate of drug-likeness (QED) is 0.716. The van der Waals surface area contributed by atoms with E-state index in [9.17, 15) is 12.8 Å². The molecule has 0 unspecified atom stereocenters. The van der Waals surface area contributed by atoms with Crippen molar-refractivity contribution in [3.63, 3.8) is 0 Å². The Labute approximate surface area is 150 Å². The Morgan fingerprint density at radius 3 is 2.29 bits per heavy atom. The molecular weight excluding hydrogens is 367 g/mol. The molecule has 128 valence electrons. The molecule has 1 saturated heterocycles. The van der Waals surface area contributed by atoms with Crippen molar-refractivity contribution in [2.24, 2.45) is 0 Å². The average molecular weight is 385 g/mol. The van der Waals surface area contributed by atoms with Crippen molar-refractivity contribution in [2.75, 3.05) is 11.5 Å². The number of aryl methyl sites for hydroxylation is 1. The third-order valence-electron chi connectivity index (χ3n) is 3.78. The van der Waals surface area contributed by atoms with Crippen molar-refractivity contribution in [2.45, 2.75) is 23.3 Å². The fourth-order valence-corrected chi connectivity index (χ4v) is 6.49. The number of thioether (sulfide) groups is 2. The molecule has 0 aliphatic carbocycles. The van der Waals surface area contributed by atoms with Gasteiger partial charge in [-0.05, 0) is 43.2 Å². The Morgan fingerprint density at radius 2 is 1.67 bits per heavy atom. The Bertz CT molecular complexity index is 842. The predicted octanol–water partition coefficient (Wildman–Crippen LogP) is 4.69. The summed E-state index contributed by atoms with van der Waals surface area (Å²) >= 11 is 3.76. The maximum atomic E-state index is 14.0.